The van der Waals surface area contributed by atoms with Gasteiger partial charge in [0.05, 0.1) is 13.2 Å². The fraction of sp³-hybridized carbons (Fsp3) is 0.647. The molecule has 0 heterocycles. The third-order valence-electron chi connectivity index (χ3n) is 3.66. The monoisotopic (exact) mass is 279 g/mol. The van der Waals surface area contributed by atoms with E-state index >= 15 is 0 Å². The van der Waals surface area contributed by atoms with Crippen LogP contribution in [-0.4, -0.2) is 26.3 Å². The number of nitrogens with one attached hydrogen (secondary N) is 1. The number of benzene rings is 1. The Morgan fingerprint density at radius 2 is 1.65 bits per heavy atom. The van der Waals surface area contributed by atoms with Crippen molar-refractivity contribution < 1.29 is 9.47 Å². The second-order valence-corrected chi connectivity index (χ2v) is 5.15. The maximum atomic E-state index is 5.70. The molecule has 3 nitrogen and oxygen atoms in total. The standard InChI is InChI=1S/C17H29NO2/c1-6-18-12-13(4)14(5)15-9-10-16(19-7-2)17(11-15)20-8-3/h9-11,13-14,18H,6-8,12H2,1-5H3. The zero-order chi connectivity index (χ0) is 15.0. The predicted octanol–water partition coefficient (Wildman–Crippen LogP) is 3.83. The van der Waals surface area contributed by atoms with Crippen LogP contribution in [0.2, 0.25) is 0 Å². The van der Waals surface area contributed by atoms with Gasteiger partial charge in [0.1, 0.15) is 0 Å². The first-order valence-electron chi connectivity index (χ1n) is 7.74. The van der Waals surface area contributed by atoms with Gasteiger partial charge in [-0.05, 0) is 56.5 Å². The van der Waals surface area contributed by atoms with Crippen LogP contribution < -0.4 is 14.8 Å². The summed E-state index contributed by atoms with van der Waals surface area (Å²) >= 11 is 0. The summed E-state index contributed by atoms with van der Waals surface area (Å²) in [6.07, 6.45) is 0. The number of hydrogen-bond donors (Lipinski definition) is 1. The quantitative estimate of drug-likeness (QED) is 0.745. The Morgan fingerprint density at radius 3 is 2.25 bits per heavy atom. The van der Waals surface area contributed by atoms with Crippen LogP contribution in [-0.2, 0) is 0 Å². The van der Waals surface area contributed by atoms with Gasteiger partial charge in [0.25, 0.3) is 0 Å². The normalized spacial score (nSPS) is 13.8. The van der Waals surface area contributed by atoms with E-state index in [9.17, 15) is 0 Å². The minimum absolute atomic E-state index is 0.490. The molecule has 0 bridgehead atoms. The highest BCUT2D eigenvalue weighted by molar-refractivity contribution is 5.44. The van der Waals surface area contributed by atoms with Gasteiger partial charge in [-0.25, -0.2) is 0 Å². The lowest BCUT2D eigenvalue weighted by Crippen LogP contribution is -2.24. The Bertz CT molecular complexity index is 393. The van der Waals surface area contributed by atoms with Crippen molar-refractivity contribution in [1.82, 2.24) is 5.32 Å². The number of rotatable bonds is 9. The van der Waals surface area contributed by atoms with Gasteiger partial charge in [-0.15, -0.1) is 0 Å². The van der Waals surface area contributed by atoms with Crippen molar-refractivity contribution in [3.8, 4) is 11.5 Å². The van der Waals surface area contributed by atoms with E-state index in [2.05, 4.69) is 38.2 Å². The lowest BCUT2D eigenvalue weighted by molar-refractivity contribution is 0.287. The molecule has 0 saturated heterocycles. The van der Waals surface area contributed by atoms with Gasteiger partial charge in [-0.3, -0.25) is 0 Å². The molecule has 0 fully saturated rings. The molecule has 0 aliphatic rings. The summed E-state index contributed by atoms with van der Waals surface area (Å²) in [5.41, 5.74) is 1.31. The highest BCUT2D eigenvalue weighted by Crippen LogP contribution is 2.33. The van der Waals surface area contributed by atoms with E-state index in [1.54, 1.807) is 0 Å². The Labute approximate surface area is 123 Å². The molecule has 1 aromatic rings. The van der Waals surface area contributed by atoms with Crippen molar-refractivity contribution in [2.24, 2.45) is 5.92 Å². The van der Waals surface area contributed by atoms with Crippen molar-refractivity contribution in [1.29, 1.82) is 0 Å². The molecular weight excluding hydrogens is 250 g/mol. The van der Waals surface area contributed by atoms with Crippen LogP contribution in [0.4, 0.5) is 0 Å². The fourth-order valence-electron chi connectivity index (χ4n) is 2.23. The highest BCUT2D eigenvalue weighted by atomic mass is 16.5. The van der Waals surface area contributed by atoms with Gasteiger partial charge in [-0.1, -0.05) is 26.8 Å². The molecule has 2 unspecified atom stereocenters. The third-order valence-corrected chi connectivity index (χ3v) is 3.66. The zero-order valence-electron chi connectivity index (χ0n) is 13.5. The van der Waals surface area contributed by atoms with E-state index in [1.165, 1.54) is 5.56 Å². The third kappa shape index (κ3) is 4.71. The molecule has 0 saturated carbocycles. The molecule has 0 aliphatic carbocycles. The molecule has 114 valence electrons. The number of ether oxygens (including phenoxy) is 2. The van der Waals surface area contributed by atoms with Crippen molar-refractivity contribution in [3.63, 3.8) is 0 Å². The Kier molecular flexibility index (Phi) is 7.45. The Balaban J connectivity index is 2.86. The first kappa shape index (κ1) is 16.8. The van der Waals surface area contributed by atoms with E-state index in [0.29, 0.717) is 25.0 Å². The van der Waals surface area contributed by atoms with Crippen molar-refractivity contribution >= 4 is 0 Å². The van der Waals surface area contributed by atoms with Gasteiger partial charge in [0, 0.05) is 0 Å². The molecule has 20 heavy (non-hydrogen) atoms. The Hall–Kier alpha value is -1.22. The summed E-state index contributed by atoms with van der Waals surface area (Å²) in [7, 11) is 0. The molecule has 0 aliphatic heterocycles. The summed E-state index contributed by atoms with van der Waals surface area (Å²) in [4.78, 5) is 0. The highest BCUT2D eigenvalue weighted by Gasteiger charge is 2.16. The lowest BCUT2D eigenvalue weighted by Gasteiger charge is -2.22. The van der Waals surface area contributed by atoms with Crippen molar-refractivity contribution in [2.75, 3.05) is 26.3 Å². The average Bonchev–Trinajstić information content (AvgIpc) is 2.46. The minimum Gasteiger partial charge on any atom is -0.490 e. The smallest absolute Gasteiger partial charge is 0.161 e. The van der Waals surface area contributed by atoms with Gasteiger partial charge >= 0.3 is 0 Å². The van der Waals surface area contributed by atoms with Crippen LogP contribution >= 0.6 is 0 Å². The van der Waals surface area contributed by atoms with Crippen LogP contribution in [0.1, 0.15) is 46.1 Å². The summed E-state index contributed by atoms with van der Waals surface area (Å²) in [6, 6.07) is 6.31. The molecule has 2 atom stereocenters. The first-order valence-corrected chi connectivity index (χ1v) is 7.74. The van der Waals surface area contributed by atoms with E-state index in [4.69, 9.17) is 9.47 Å². The van der Waals surface area contributed by atoms with E-state index in [0.717, 1.165) is 24.6 Å². The van der Waals surface area contributed by atoms with Crippen molar-refractivity contribution in [2.45, 2.75) is 40.5 Å². The van der Waals surface area contributed by atoms with Gasteiger partial charge in [0.2, 0.25) is 0 Å². The largest absolute Gasteiger partial charge is 0.490 e. The minimum atomic E-state index is 0.490. The van der Waals surface area contributed by atoms with E-state index in [-0.39, 0.29) is 0 Å². The molecule has 0 radical (unpaired) electrons. The average molecular weight is 279 g/mol. The zero-order valence-corrected chi connectivity index (χ0v) is 13.5. The maximum Gasteiger partial charge on any atom is 0.161 e. The molecule has 3 heteroatoms. The summed E-state index contributed by atoms with van der Waals surface area (Å²) in [5.74, 6) is 2.77. The molecule has 1 N–H and O–H groups in total. The van der Waals surface area contributed by atoms with Crippen LogP contribution in [0.5, 0.6) is 11.5 Å². The van der Waals surface area contributed by atoms with Crippen LogP contribution in [0.3, 0.4) is 0 Å². The lowest BCUT2D eigenvalue weighted by atomic mass is 9.88. The summed E-state index contributed by atoms with van der Waals surface area (Å²) < 4.78 is 11.3. The Morgan fingerprint density at radius 1 is 1.00 bits per heavy atom. The van der Waals surface area contributed by atoms with Gasteiger partial charge in [-0.2, -0.15) is 0 Å². The molecule has 1 aromatic carbocycles. The molecule has 1 rings (SSSR count). The van der Waals surface area contributed by atoms with Gasteiger partial charge in [0.15, 0.2) is 11.5 Å². The van der Waals surface area contributed by atoms with Crippen LogP contribution in [0.15, 0.2) is 18.2 Å². The topological polar surface area (TPSA) is 30.5 Å². The SMILES string of the molecule is CCNCC(C)C(C)c1ccc(OCC)c(OCC)c1. The second kappa shape index (κ2) is 8.85. The van der Waals surface area contributed by atoms with Crippen LogP contribution in [0, 0.1) is 5.92 Å². The summed E-state index contributed by atoms with van der Waals surface area (Å²) in [5, 5.41) is 3.41. The molecule has 0 aromatic heterocycles. The van der Waals surface area contributed by atoms with Gasteiger partial charge < -0.3 is 14.8 Å². The van der Waals surface area contributed by atoms with E-state index < -0.39 is 0 Å². The maximum absolute atomic E-state index is 5.70. The first-order chi connectivity index (χ1) is 9.63. The van der Waals surface area contributed by atoms with Crippen LogP contribution in [0.25, 0.3) is 0 Å². The summed E-state index contributed by atoms with van der Waals surface area (Å²) in [6.45, 7) is 14.1. The second-order valence-electron chi connectivity index (χ2n) is 5.15. The number of hydrogen-bond acceptors (Lipinski definition) is 3. The van der Waals surface area contributed by atoms with E-state index in [1.807, 2.05) is 19.9 Å². The fourth-order valence-corrected chi connectivity index (χ4v) is 2.23. The molecule has 0 spiro atoms. The van der Waals surface area contributed by atoms with Crippen molar-refractivity contribution in [3.05, 3.63) is 23.8 Å². The predicted molar refractivity (Wildman–Crippen MR) is 84.9 cm³/mol. The molecular formula is C17H29NO2. The molecule has 0 amide bonds.